The van der Waals surface area contributed by atoms with E-state index in [0.29, 0.717) is 18.4 Å². The molecule has 0 amide bonds. The number of rotatable bonds is 4. The molecule has 1 aliphatic rings. The summed E-state index contributed by atoms with van der Waals surface area (Å²) in [4.78, 5) is 36.1. The maximum atomic E-state index is 12.5. The van der Waals surface area contributed by atoms with E-state index in [1.165, 1.54) is 13.0 Å². The molecule has 5 nitrogen and oxygen atoms in total. The number of hydrogen-bond acceptors (Lipinski definition) is 5. The van der Waals surface area contributed by atoms with E-state index in [0.717, 1.165) is 12.1 Å². The minimum absolute atomic E-state index is 0.0141. The summed E-state index contributed by atoms with van der Waals surface area (Å²) in [6.07, 6.45) is -4.00. The first-order valence-corrected chi connectivity index (χ1v) is 7.36. The van der Waals surface area contributed by atoms with Crippen molar-refractivity contribution in [2.45, 2.75) is 32.5 Å². The fourth-order valence-electron chi connectivity index (χ4n) is 2.62. The molecule has 0 heterocycles. The van der Waals surface area contributed by atoms with Crippen LogP contribution in [0, 0.1) is 5.92 Å². The van der Waals surface area contributed by atoms with Gasteiger partial charge in [-0.2, -0.15) is 0 Å². The number of fused-ring (bicyclic) bond motifs is 1. The van der Waals surface area contributed by atoms with Crippen molar-refractivity contribution in [1.29, 1.82) is 0 Å². The molecular weight excluding hydrogens is 329 g/mol. The zero-order chi connectivity index (χ0) is 17.9. The van der Waals surface area contributed by atoms with Crippen molar-refractivity contribution in [3.63, 3.8) is 0 Å². The van der Waals surface area contributed by atoms with E-state index < -0.39 is 35.6 Å². The highest BCUT2D eigenvalue weighted by atomic mass is 19.4. The van der Waals surface area contributed by atoms with Crippen molar-refractivity contribution < 1.29 is 37.0 Å². The number of carbonyl (C=O) groups is 3. The lowest BCUT2D eigenvalue weighted by Crippen LogP contribution is -2.31. The van der Waals surface area contributed by atoms with Crippen molar-refractivity contribution in [3.8, 4) is 5.75 Å². The lowest BCUT2D eigenvalue weighted by molar-refractivity contribution is -0.274. The number of ketones is 2. The quantitative estimate of drug-likeness (QED) is 0.364. The Bertz CT molecular complexity index is 666. The first kappa shape index (κ1) is 18.0. The third kappa shape index (κ3) is 4.12. The summed E-state index contributed by atoms with van der Waals surface area (Å²) in [5.41, 5.74) is 0.491. The van der Waals surface area contributed by atoms with Crippen LogP contribution in [-0.4, -0.2) is 30.5 Å². The lowest BCUT2D eigenvalue weighted by atomic mass is 9.91. The summed E-state index contributed by atoms with van der Waals surface area (Å²) < 4.78 is 45.3. The van der Waals surface area contributed by atoms with Crippen LogP contribution < -0.4 is 4.74 Å². The Morgan fingerprint density at radius 1 is 1.29 bits per heavy atom. The number of aryl methyl sites for hydroxylation is 1. The van der Waals surface area contributed by atoms with Crippen LogP contribution in [0.25, 0.3) is 0 Å². The highest BCUT2D eigenvalue weighted by molar-refractivity contribution is 6.39. The Balaban J connectivity index is 2.27. The van der Waals surface area contributed by atoms with Crippen LogP contribution in [0.15, 0.2) is 18.2 Å². The molecule has 2 rings (SSSR count). The molecule has 1 atom stereocenters. The van der Waals surface area contributed by atoms with Crippen LogP contribution in [0.5, 0.6) is 5.75 Å². The maximum Gasteiger partial charge on any atom is 0.573 e. The second-order valence-electron chi connectivity index (χ2n) is 5.26. The highest BCUT2D eigenvalue weighted by Crippen LogP contribution is 2.30. The average molecular weight is 344 g/mol. The molecule has 0 saturated heterocycles. The molecule has 1 aromatic rings. The van der Waals surface area contributed by atoms with Gasteiger partial charge in [-0.1, -0.05) is 0 Å². The van der Waals surface area contributed by atoms with Crippen molar-refractivity contribution >= 4 is 17.5 Å². The number of halogens is 3. The molecule has 0 N–H and O–H groups in total. The highest BCUT2D eigenvalue weighted by Gasteiger charge is 2.36. The van der Waals surface area contributed by atoms with Crippen LogP contribution >= 0.6 is 0 Å². The largest absolute Gasteiger partial charge is 0.573 e. The van der Waals surface area contributed by atoms with Crippen molar-refractivity contribution in [3.05, 3.63) is 29.3 Å². The molecule has 0 bridgehead atoms. The van der Waals surface area contributed by atoms with Crippen molar-refractivity contribution in [2.75, 3.05) is 6.61 Å². The Kier molecular flexibility index (Phi) is 5.26. The van der Waals surface area contributed by atoms with E-state index in [9.17, 15) is 27.6 Å². The van der Waals surface area contributed by atoms with Gasteiger partial charge < -0.3 is 9.47 Å². The van der Waals surface area contributed by atoms with E-state index in [-0.39, 0.29) is 18.6 Å². The van der Waals surface area contributed by atoms with Gasteiger partial charge in [0.1, 0.15) is 5.75 Å². The molecule has 1 unspecified atom stereocenters. The van der Waals surface area contributed by atoms with Gasteiger partial charge in [-0.15, -0.1) is 13.2 Å². The Hall–Kier alpha value is -2.38. The van der Waals surface area contributed by atoms with Gasteiger partial charge in [0, 0.05) is 5.56 Å². The monoisotopic (exact) mass is 344 g/mol. The molecule has 1 aromatic carbocycles. The summed E-state index contributed by atoms with van der Waals surface area (Å²) in [6.45, 7) is 1.55. The molecule has 0 spiro atoms. The molecule has 0 radical (unpaired) electrons. The predicted octanol–water partition coefficient (Wildman–Crippen LogP) is 2.85. The summed E-state index contributed by atoms with van der Waals surface area (Å²) in [5.74, 6) is -4.18. The zero-order valence-electron chi connectivity index (χ0n) is 12.8. The number of ether oxygens (including phenoxy) is 2. The second kappa shape index (κ2) is 7.02. The molecule has 0 aliphatic heterocycles. The van der Waals surface area contributed by atoms with Gasteiger partial charge >= 0.3 is 12.3 Å². The van der Waals surface area contributed by atoms with Gasteiger partial charge in [0.05, 0.1) is 12.5 Å². The standard InChI is InChI=1S/C16H15F3O5/c1-2-23-15(22)14(21)12-5-3-4-9-8-10(24-16(17,18)19)6-7-11(9)13(12)20/h6-8,12H,2-5H2,1H3. The predicted molar refractivity (Wildman–Crippen MR) is 75.5 cm³/mol. The molecular formula is C16H15F3O5. The first-order valence-electron chi connectivity index (χ1n) is 7.36. The molecule has 8 heteroatoms. The van der Waals surface area contributed by atoms with E-state index >= 15 is 0 Å². The van der Waals surface area contributed by atoms with Gasteiger partial charge in [-0.3, -0.25) is 9.59 Å². The van der Waals surface area contributed by atoms with E-state index in [2.05, 4.69) is 9.47 Å². The third-order valence-electron chi connectivity index (χ3n) is 3.62. The Morgan fingerprint density at radius 3 is 2.62 bits per heavy atom. The minimum Gasteiger partial charge on any atom is -0.460 e. The number of benzene rings is 1. The third-order valence-corrected chi connectivity index (χ3v) is 3.62. The van der Waals surface area contributed by atoms with Crippen LogP contribution in [0.3, 0.4) is 0 Å². The lowest BCUT2D eigenvalue weighted by Gasteiger charge is -2.13. The van der Waals surface area contributed by atoms with E-state index in [4.69, 9.17) is 0 Å². The smallest absolute Gasteiger partial charge is 0.460 e. The Morgan fingerprint density at radius 2 is 2.00 bits per heavy atom. The maximum absolute atomic E-state index is 12.5. The Labute approximate surface area is 135 Å². The first-order chi connectivity index (χ1) is 11.2. The van der Waals surface area contributed by atoms with Crippen LogP contribution in [0.2, 0.25) is 0 Å². The van der Waals surface area contributed by atoms with Crippen LogP contribution in [0.4, 0.5) is 13.2 Å². The van der Waals surface area contributed by atoms with Gasteiger partial charge in [0.25, 0.3) is 5.78 Å². The fraction of sp³-hybridized carbons (Fsp3) is 0.438. The van der Waals surface area contributed by atoms with E-state index in [1.807, 2.05) is 0 Å². The molecule has 24 heavy (non-hydrogen) atoms. The van der Waals surface area contributed by atoms with Crippen molar-refractivity contribution in [2.24, 2.45) is 5.92 Å². The second-order valence-corrected chi connectivity index (χ2v) is 5.26. The summed E-state index contributed by atoms with van der Waals surface area (Å²) in [7, 11) is 0. The van der Waals surface area contributed by atoms with Crippen molar-refractivity contribution in [1.82, 2.24) is 0 Å². The van der Waals surface area contributed by atoms with E-state index in [1.54, 1.807) is 0 Å². The molecule has 130 valence electrons. The minimum atomic E-state index is -4.83. The average Bonchev–Trinajstić information content (AvgIpc) is 2.64. The van der Waals surface area contributed by atoms with Crippen LogP contribution in [0.1, 0.15) is 35.7 Å². The normalized spacial score (nSPS) is 17.7. The SMILES string of the molecule is CCOC(=O)C(=O)C1CCCc2cc(OC(F)(F)F)ccc2C1=O. The van der Waals surface area contributed by atoms with Gasteiger partial charge in [-0.05, 0) is 49.9 Å². The molecule has 0 aromatic heterocycles. The molecule has 0 saturated carbocycles. The number of alkyl halides is 3. The van der Waals surface area contributed by atoms with Gasteiger partial charge in [-0.25, -0.2) is 4.79 Å². The topological polar surface area (TPSA) is 69.7 Å². The number of hydrogen-bond donors (Lipinski definition) is 0. The van der Waals surface area contributed by atoms with Gasteiger partial charge in [0.2, 0.25) is 0 Å². The fourth-order valence-corrected chi connectivity index (χ4v) is 2.62. The number of carbonyl (C=O) groups excluding carboxylic acids is 3. The number of esters is 1. The number of Topliss-reactive ketones (excluding diaryl/α,β-unsaturated/α-hetero) is 2. The zero-order valence-corrected chi connectivity index (χ0v) is 12.8. The van der Waals surface area contributed by atoms with Gasteiger partial charge in [0.15, 0.2) is 5.78 Å². The summed E-state index contributed by atoms with van der Waals surface area (Å²) in [6, 6.07) is 3.34. The van der Waals surface area contributed by atoms with Crippen LogP contribution in [-0.2, 0) is 20.7 Å². The molecule has 1 aliphatic carbocycles. The summed E-state index contributed by atoms with van der Waals surface area (Å²) in [5, 5.41) is 0. The summed E-state index contributed by atoms with van der Waals surface area (Å²) >= 11 is 0. The molecule has 0 fully saturated rings.